The van der Waals surface area contributed by atoms with Crippen molar-refractivity contribution in [2.75, 3.05) is 14.2 Å². The molecule has 0 saturated heterocycles. The van der Waals surface area contributed by atoms with Crippen molar-refractivity contribution in [2.24, 2.45) is 0 Å². The Labute approximate surface area is 238 Å². The summed E-state index contributed by atoms with van der Waals surface area (Å²) in [5, 5.41) is 11.1. The first-order valence-corrected chi connectivity index (χ1v) is 10.3. The van der Waals surface area contributed by atoms with Gasteiger partial charge in [-0.25, -0.2) is 9.78 Å². The molecule has 0 aliphatic heterocycles. The molecule has 0 spiro atoms. The number of fused-ring (bicyclic) bond motifs is 2. The number of carboxylic acid groups (broad SMARTS) is 1. The van der Waals surface area contributed by atoms with Crippen molar-refractivity contribution in [1.29, 1.82) is 0 Å². The third-order valence-corrected chi connectivity index (χ3v) is 5.57. The monoisotopic (exact) mass is 480 g/mol. The molecule has 0 aliphatic carbocycles. The number of hydrogen-bond donors (Lipinski definition) is 1. The van der Waals surface area contributed by atoms with Gasteiger partial charge >= 0.3 is 57.4 Å². The Morgan fingerprint density at radius 3 is 2.41 bits per heavy atom. The van der Waals surface area contributed by atoms with Crippen molar-refractivity contribution in [2.45, 2.75) is 6.42 Å². The van der Waals surface area contributed by atoms with Crippen LogP contribution in [0.5, 0.6) is 11.5 Å². The third-order valence-electron chi connectivity index (χ3n) is 5.57. The van der Waals surface area contributed by atoms with Gasteiger partial charge in [0.1, 0.15) is 5.52 Å². The summed E-state index contributed by atoms with van der Waals surface area (Å²) in [7, 11) is 3.23. The second kappa shape index (κ2) is 10.2. The van der Waals surface area contributed by atoms with Gasteiger partial charge < -0.3 is 19.0 Å². The number of aromatic carboxylic acids is 1. The van der Waals surface area contributed by atoms with Gasteiger partial charge in [0.2, 0.25) is 5.89 Å². The van der Waals surface area contributed by atoms with Crippen LogP contribution in [0.4, 0.5) is 0 Å². The average molecular weight is 481 g/mol. The van der Waals surface area contributed by atoms with E-state index in [-0.39, 0.29) is 56.9 Å². The summed E-state index contributed by atoms with van der Waals surface area (Å²) < 4.78 is 16.8. The number of benzene rings is 3. The normalized spacial score (nSPS) is 10.8. The molecular weight excluding hydrogens is 459 g/mol. The van der Waals surface area contributed by atoms with Crippen LogP contribution in [0.1, 0.15) is 21.5 Å². The van der Waals surface area contributed by atoms with Gasteiger partial charge in [0.05, 0.1) is 19.8 Å². The topological polar surface area (TPSA) is 94.7 Å². The molecule has 0 bridgehead atoms. The van der Waals surface area contributed by atoms with E-state index in [1.165, 1.54) is 12.1 Å². The number of carboxylic acids is 1. The predicted molar refractivity (Wildman–Crippen MR) is 131 cm³/mol. The summed E-state index contributed by atoms with van der Waals surface area (Å²) in [6, 6.07) is 16.2. The Kier molecular flexibility index (Phi) is 7.35. The Morgan fingerprint density at radius 1 is 0.971 bits per heavy atom. The number of hydrogen-bond acceptors (Lipinski definition) is 6. The van der Waals surface area contributed by atoms with E-state index in [0.29, 0.717) is 29.4 Å². The summed E-state index contributed by atoms with van der Waals surface area (Å²) in [6.45, 7) is 0. The van der Waals surface area contributed by atoms with Crippen molar-refractivity contribution in [3.8, 4) is 23.0 Å². The van der Waals surface area contributed by atoms with Gasteiger partial charge in [0, 0.05) is 23.3 Å². The number of nitrogens with zero attached hydrogens (tertiary/aromatic N) is 2. The van der Waals surface area contributed by atoms with Crippen molar-refractivity contribution >= 4 is 79.2 Å². The van der Waals surface area contributed by atoms with Gasteiger partial charge in [0.15, 0.2) is 17.1 Å². The molecule has 0 amide bonds. The summed E-state index contributed by atoms with van der Waals surface area (Å²) >= 11 is 0. The summed E-state index contributed by atoms with van der Waals surface area (Å²) in [4.78, 5) is 20.1. The Balaban J connectivity index is 0.00000274. The summed E-state index contributed by atoms with van der Waals surface area (Å²) in [6.07, 6.45) is 4.32. The molecule has 166 valence electrons. The second-order valence-corrected chi connectivity index (χ2v) is 7.61. The minimum atomic E-state index is -0.970. The number of pyridine rings is 1. The first-order valence-electron chi connectivity index (χ1n) is 10.3. The van der Waals surface area contributed by atoms with E-state index in [9.17, 15) is 4.79 Å². The number of oxazole rings is 1. The fraction of sp³-hybridized carbons (Fsp3) is 0.115. The number of aromatic nitrogens is 2. The van der Waals surface area contributed by atoms with Gasteiger partial charge in [-0.1, -0.05) is 6.07 Å². The average Bonchev–Trinajstić information content (AvgIpc) is 3.27. The summed E-state index contributed by atoms with van der Waals surface area (Å²) in [5.74, 6) is 0.810. The second-order valence-electron chi connectivity index (χ2n) is 7.61. The van der Waals surface area contributed by atoms with Crippen LogP contribution in [0, 0.1) is 0 Å². The molecule has 0 fully saturated rings. The van der Waals surface area contributed by atoms with E-state index in [4.69, 9.17) is 19.0 Å². The van der Waals surface area contributed by atoms with E-state index in [1.54, 1.807) is 26.4 Å². The van der Waals surface area contributed by atoms with Gasteiger partial charge in [-0.2, -0.15) is 0 Å². The van der Waals surface area contributed by atoms with Crippen molar-refractivity contribution < 1.29 is 23.8 Å². The molecule has 5 rings (SSSR count). The van der Waals surface area contributed by atoms with Crippen LogP contribution < -0.4 is 9.47 Å². The molecule has 0 saturated carbocycles. The van der Waals surface area contributed by atoms with E-state index >= 15 is 0 Å². The van der Waals surface area contributed by atoms with E-state index in [1.807, 2.05) is 42.7 Å². The number of rotatable bonds is 6. The van der Waals surface area contributed by atoms with Crippen molar-refractivity contribution in [3.63, 3.8) is 0 Å². The van der Waals surface area contributed by atoms with Crippen LogP contribution in [0.15, 0.2) is 71.4 Å². The van der Waals surface area contributed by atoms with Crippen LogP contribution in [0.2, 0.25) is 0 Å². The molecule has 8 heteroatoms. The van der Waals surface area contributed by atoms with Crippen molar-refractivity contribution in [1.82, 2.24) is 9.97 Å². The van der Waals surface area contributed by atoms with Crippen molar-refractivity contribution in [3.05, 3.63) is 83.7 Å². The first-order chi connectivity index (χ1) is 16.1. The van der Waals surface area contributed by atoms with Gasteiger partial charge in [-0.15, -0.1) is 0 Å². The molecule has 5 aromatic rings. The maximum atomic E-state index is 11.1. The fourth-order valence-corrected chi connectivity index (χ4v) is 3.88. The number of ether oxygens (including phenoxy) is 2. The maximum absolute atomic E-state index is 11.1. The van der Waals surface area contributed by atoms with Crippen LogP contribution >= 0.6 is 0 Å². The molecular formula is C26H21KN2O5. The molecule has 2 aromatic heterocycles. The minimum absolute atomic E-state index is 0. The number of methoxy groups -OCH3 is 2. The van der Waals surface area contributed by atoms with Crippen LogP contribution in [-0.4, -0.2) is 86.6 Å². The van der Waals surface area contributed by atoms with Gasteiger partial charge in [-0.3, -0.25) is 4.98 Å². The van der Waals surface area contributed by atoms with E-state index in [2.05, 4.69) is 9.97 Å². The molecule has 34 heavy (non-hydrogen) atoms. The molecule has 3 aromatic carbocycles. The Morgan fingerprint density at radius 2 is 1.71 bits per heavy atom. The SMILES string of the molecule is COc1cc2cncc(Cc3ccc4oc(-c5ccc(C(=O)O)cc5)nc4c3)c2cc1OC.[KH]. The third kappa shape index (κ3) is 4.73. The fourth-order valence-electron chi connectivity index (χ4n) is 3.88. The first kappa shape index (κ1) is 24.4. The molecule has 0 atom stereocenters. The molecule has 1 N–H and O–H groups in total. The predicted octanol–water partition coefficient (Wildman–Crippen LogP) is 4.70. The van der Waals surface area contributed by atoms with Crippen LogP contribution in [-0.2, 0) is 6.42 Å². The zero-order chi connectivity index (χ0) is 22.9. The molecule has 0 unspecified atom stereocenters. The molecule has 0 aliphatic rings. The number of carbonyl (C=O) groups is 1. The van der Waals surface area contributed by atoms with E-state index in [0.717, 1.165) is 33.0 Å². The quantitative estimate of drug-likeness (QED) is 0.352. The van der Waals surface area contributed by atoms with Gasteiger partial charge in [-0.05, 0) is 71.5 Å². The van der Waals surface area contributed by atoms with E-state index < -0.39 is 5.97 Å². The summed E-state index contributed by atoms with van der Waals surface area (Å²) in [5.41, 5.74) is 4.45. The zero-order valence-electron chi connectivity index (χ0n) is 18.0. The Bertz CT molecular complexity index is 1500. The zero-order valence-corrected chi connectivity index (χ0v) is 18.0. The van der Waals surface area contributed by atoms with Crippen LogP contribution in [0.25, 0.3) is 33.3 Å². The Hall–Kier alpha value is -2.75. The molecule has 0 radical (unpaired) electrons. The van der Waals surface area contributed by atoms with Crippen LogP contribution in [0.3, 0.4) is 0 Å². The molecule has 2 heterocycles. The van der Waals surface area contributed by atoms with Gasteiger partial charge in [0.25, 0.3) is 0 Å². The molecule has 7 nitrogen and oxygen atoms in total. The standard InChI is InChI=1S/C26H20N2O5.K.H/c1-31-23-11-19-14-27-13-18(20(19)12-24(23)32-2)9-15-3-8-22-21(10-15)28-25(33-22)16-4-6-17(7-5-16)26(29)30;;/h3-8,10-14H,9H2,1-2H3,(H,29,30);;.